The largest absolute Gasteiger partial charge is 0.350 e. The average molecular weight is 416 g/mol. The van der Waals surface area contributed by atoms with E-state index in [0.29, 0.717) is 17.9 Å². The van der Waals surface area contributed by atoms with Gasteiger partial charge in [0, 0.05) is 12.1 Å². The molecule has 1 heterocycles. The number of carbonyl (C=O) groups excluding carboxylic acids is 2. The number of fused-ring (bicyclic) bond motifs is 1. The van der Waals surface area contributed by atoms with Gasteiger partial charge in [-0.2, -0.15) is 0 Å². The molecule has 2 amide bonds. The van der Waals surface area contributed by atoms with Gasteiger partial charge in [0.05, 0.1) is 17.6 Å². The van der Waals surface area contributed by atoms with Crippen molar-refractivity contribution in [3.8, 4) is 0 Å². The zero-order valence-corrected chi connectivity index (χ0v) is 16.7. The molecule has 6 nitrogen and oxygen atoms in total. The van der Waals surface area contributed by atoms with Crippen LogP contribution >= 0.6 is 0 Å². The van der Waals surface area contributed by atoms with Crippen LogP contribution < -0.4 is 10.6 Å². The lowest BCUT2D eigenvalue weighted by atomic mass is 10.2. The summed E-state index contributed by atoms with van der Waals surface area (Å²) in [6.07, 6.45) is 0. The van der Waals surface area contributed by atoms with Crippen LogP contribution in [0.2, 0.25) is 0 Å². The first-order valence-corrected chi connectivity index (χ1v) is 9.89. The molecule has 2 N–H and O–H groups in total. The molecule has 31 heavy (non-hydrogen) atoms. The molecule has 0 aliphatic carbocycles. The Morgan fingerprint density at radius 3 is 2.32 bits per heavy atom. The van der Waals surface area contributed by atoms with Gasteiger partial charge in [-0.3, -0.25) is 9.59 Å². The van der Waals surface area contributed by atoms with E-state index in [4.69, 9.17) is 0 Å². The monoisotopic (exact) mass is 416 g/mol. The van der Waals surface area contributed by atoms with Crippen molar-refractivity contribution in [1.29, 1.82) is 0 Å². The smallest absolute Gasteiger partial charge is 0.251 e. The Morgan fingerprint density at radius 2 is 1.55 bits per heavy atom. The lowest BCUT2D eigenvalue weighted by molar-refractivity contribution is -0.121. The minimum absolute atomic E-state index is 0.0538. The molecular formula is C24H21FN4O2. The number of nitrogens with one attached hydrogen (secondary N) is 2. The number of amides is 2. The van der Waals surface area contributed by atoms with Gasteiger partial charge in [-0.1, -0.05) is 42.5 Å². The summed E-state index contributed by atoms with van der Waals surface area (Å²) in [5.41, 5.74) is 2.92. The summed E-state index contributed by atoms with van der Waals surface area (Å²) < 4.78 is 14.8. The van der Waals surface area contributed by atoms with Crippen LogP contribution in [-0.4, -0.2) is 21.4 Å². The molecule has 0 atom stereocenters. The van der Waals surface area contributed by atoms with Crippen LogP contribution in [0.1, 0.15) is 21.7 Å². The molecule has 0 spiro atoms. The van der Waals surface area contributed by atoms with Crippen molar-refractivity contribution in [3.63, 3.8) is 0 Å². The predicted octanol–water partition coefficient (Wildman–Crippen LogP) is 3.42. The number of para-hydroxylation sites is 2. The van der Waals surface area contributed by atoms with Crippen LogP contribution in [0.5, 0.6) is 0 Å². The highest BCUT2D eigenvalue weighted by molar-refractivity contribution is 5.94. The molecule has 0 unspecified atom stereocenters. The Labute approximate surface area is 178 Å². The van der Waals surface area contributed by atoms with E-state index < -0.39 is 0 Å². The van der Waals surface area contributed by atoms with E-state index in [-0.39, 0.29) is 30.7 Å². The molecule has 0 aliphatic heterocycles. The van der Waals surface area contributed by atoms with Crippen molar-refractivity contribution >= 4 is 22.8 Å². The van der Waals surface area contributed by atoms with Crippen LogP contribution in [0.15, 0.2) is 78.9 Å². The van der Waals surface area contributed by atoms with E-state index in [1.54, 1.807) is 41.0 Å². The Kier molecular flexibility index (Phi) is 6.03. The van der Waals surface area contributed by atoms with Crippen LogP contribution in [-0.2, 0) is 24.4 Å². The van der Waals surface area contributed by atoms with Gasteiger partial charge in [0.2, 0.25) is 5.91 Å². The van der Waals surface area contributed by atoms with Crippen molar-refractivity contribution < 1.29 is 14.0 Å². The first-order chi connectivity index (χ1) is 15.1. The number of hydrogen-bond acceptors (Lipinski definition) is 3. The summed E-state index contributed by atoms with van der Waals surface area (Å²) in [5, 5.41) is 5.71. The summed E-state index contributed by atoms with van der Waals surface area (Å²) in [7, 11) is 0. The van der Waals surface area contributed by atoms with Crippen molar-refractivity contribution in [1.82, 2.24) is 20.2 Å². The van der Waals surface area contributed by atoms with E-state index >= 15 is 0 Å². The van der Waals surface area contributed by atoms with Crippen LogP contribution in [0.4, 0.5) is 4.39 Å². The first kappa shape index (κ1) is 20.3. The van der Waals surface area contributed by atoms with Crippen LogP contribution in [0.3, 0.4) is 0 Å². The third-order valence-electron chi connectivity index (χ3n) is 4.88. The first-order valence-electron chi connectivity index (χ1n) is 9.89. The van der Waals surface area contributed by atoms with Gasteiger partial charge >= 0.3 is 0 Å². The quantitative estimate of drug-likeness (QED) is 0.485. The van der Waals surface area contributed by atoms with E-state index in [0.717, 1.165) is 16.6 Å². The minimum atomic E-state index is -0.317. The maximum atomic E-state index is 13.0. The second-order valence-electron chi connectivity index (χ2n) is 7.05. The maximum Gasteiger partial charge on any atom is 0.251 e. The average Bonchev–Trinajstić information content (AvgIpc) is 3.15. The molecular weight excluding hydrogens is 395 g/mol. The Hall–Kier alpha value is -4.00. The van der Waals surface area contributed by atoms with Crippen LogP contribution in [0.25, 0.3) is 11.0 Å². The Morgan fingerprint density at radius 1 is 0.839 bits per heavy atom. The molecule has 0 radical (unpaired) electrons. The number of hydrogen-bond donors (Lipinski definition) is 2. The van der Waals surface area contributed by atoms with Gasteiger partial charge in [-0.15, -0.1) is 0 Å². The number of benzene rings is 3. The van der Waals surface area contributed by atoms with Gasteiger partial charge in [0.25, 0.3) is 5.91 Å². The maximum absolute atomic E-state index is 13.0. The second kappa shape index (κ2) is 9.21. The predicted molar refractivity (Wildman–Crippen MR) is 116 cm³/mol. The molecule has 0 fully saturated rings. The zero-order valence-electron chi connectivity index (χ0n) is 16.7. The number of carbonyl (C=O) groups is 2. The van der Waals surface area contributed by atoms with Gasteiger partial charge in [-0.05, 0) is 42.0 Å². The second-order valence-corrected chi connectivity index (χ2v) is 7.05. The normalized spacial score (nSPS) is 10.7. The SMILES string of the molecule is O=C(Cn1c(CNC(=O)c2ccccc2)nc2ccccc21)NCc1ccc(F)cc1. The van der Waals surface area contributed by atoms with Crippen molar-refractivity contribution in [2.24, 2.45) is 0 Å². The highest BCUT2D eigenvalue weighted by Crippen LogP contribution is 2.16. The zero-order chi connectivity index (χ0) is 21.6. The van der Waals surface area contributed by atoms with Crippen molar-refractivity contribution in [2.75, 3.05) is 0 Å². The lowest BCUT2D eigenvalue weighted by Gasteiger charge is -2.11. The molecule has 3 aromatic carbocycles. The number of halogens is 1. The molecule has 4 aromatic rings. The Bertz CT molecular complexity index is 1200. The topological polar surface area (TPSA) is 76.0 Å². The molecule has 0 bridgehead atoms. The minimum Gasteiger partial charge on any atom is -0.350 e. The lowest BCUT2D eigenvalue weighted by Crippen LogP contribution is -2.29. The summed E-state index contributed by atoms with van der Waals surface area (Å²) in [5.74, 6) is -0.146. The highest BCUT2D eigenvalue weighted by Gasteiger charge is 2.15. The van der Waals surface area contributed by atoms with E-state index in [2.05, 4.69) is 15.6 Å². The number of aromatic nitrogens is 2. The fourth-order valence-corrected chi connectivity index (χ4v) is 3.29. The molecule has 4 rings (SSSR count). The summed E-state index contributed by atoms with van der Waals surface area (Å²) in [6, 6.07) is 22.4. The summed E-state index contributed by atoms with van der Waals surface area (Å²) in [4.78, 5) is 29.6. The van der Waals surface area contributed by atoms with E-state index in [1.807, 2.05) is 30.3 Å². The van der Waals surface area contributed by atoms with Crippen molar-refractivity contribution in [3.05, 3.63) is 102 Å². The fraction of sp³-hybridized carbons (Fsp3) is 0.125. The summed E-state index contributed by atoms with van der Waals surface area (Å²) in [6.45, 7) is 0.539. The third kappa shape index (κ3) is 4.95. The Balaban J connectivity index is 1.47. The van der Waals surface area contributed by atoms with Gasteiger partial charge < -0.3 is 15.2 Å². The molecule has 1 aromatic heterocycles. The molecule has 0 aliphatic rings. The number of imidazole rings is 1. The van der Waals surface area contributed by atoms with Crippen molar-refractivity contribution in [2.45, 2.75) is 19.6 Å². The third-order valence-corrected chi connectivity index (χ3v) is 4.88. The number of nitrogens with zero attached hydrogens (tertiary/aromatic N) is 2. The molecule has 7 heteroatoms. The summed E-state index contributed by atoms with van der Waals surface area (Å²) >= 11 is 0. The molecule has 0 saturated heterocycles. The van der Waals surface area contributed by atoms with E-state index in [1.165, 1.54) is 12.1 Å². The van der Waals surface area contributed by atoms with Gasteiger partial charge in [-0.25, -0.2) is 9.37 Å². The van der Waals surface area contributed by atoms with Gasteiger partial charge in [0.15, 0.2) is 0 Å². The molecule has 0 saturated carbocycles. The number of rotatable bonds is 7. The highest BCUT2D eigenvalue weighted by atomic mass is 19.1. The molecule has 156 valence electrons. The van der Waals surface area contributed by atoms with Crippen LogP contribution in [0, 0.1) is 5.82 Å². The van der Waals surface area contributed by atoms with Gasteiger partial charge in [0.1, 0.15) is 18.2 Å². The standard InChI is InChI=1S/C24H21FN4O2/c25-19-12-10-17(11-13-19)14-26-23(30)16-29-21-9-5-4-8-20(21)28-22(29)15-27-24(31)18-6-2-1-3-7-18/h1-13H,14-16H2,(H,26,30)(H,27,31). The van der Waals surface area contributed by atoms with E-state index in [9.17, 15) is 14.0 Å². The fourth-order valence-electron chi connectivity index (χ4n) is 3.29.